The first-order valence-electron chi connectivity index (χ1n) is 9.53. The predicted octanol–water partition coefficient (Wildman–Crippen LogP) is 0.962. The first-order chi connectivity index (χ1) is 15.0. The summed E-state index contributed by atoms with van der Waals surface area (Å²) in [7, 11) is 0. The van der Waals surface area contributed by atoms with Gasteiger partial charge in [-0.15, -0.1) is 23.1 Å². The van der Waals surface area contributed by atoms with Crippen LogP contribution in [0.4, 0.5) is 0 Å². The minimum absolute atomic E-state index is 0.106. The van der Waals surface area contributed by atoms with E-state index in [4.69, 9.17) is 9.57 Å². The molecule has 0 radical (unpaired) electrons. The van der Waals surface area contributed by atoms with Gasteiger partial charge >= 0.3 is 11.9 Å². The van der Waals surface area contributed by atoms with Crippen molar-refractivity contribution in [3.8, 4) is 0 Å². The molecule has 1 aromatic heterocycles. The lowest BCUT2D eigenvalue weighted by atomic mass is 10.0. The standard InChI is InChI=1S/C19H22N4O7S2/c1-9-5-11(18(27)28)23-16(26)14(17(23)32-9)21-15(25)13(10-7-31-8-20-10)22-29-6-12(24)30-19(2,3)4/h5,7-9,14,17H,6H2,1-4H3,(H,21,25)(H,27,28)/t9?,14?,17-/m0/s1. The Labute approximate surface area is 191 Å². The van der Waals surface area contributed by atoms with Gasteiger partial charge in [-0.3, -0.25) is 14.5 Å². The fourth-order valence-electron chi connectivity index (χ4n) is 2.99. The van der Waals surface area contributed by atoms with Crippen LogP contribution in [0.25, 0.3) is 0 Å². The maximum atomic E-state index is 12.9. The van der Waals surface area contributed by atoms with Crippen molar-refractivity contribution >= 4 is 52.6 Å². The molecule has 11 nitrogen and oxygen atoms in total. The van der Waals surface area contributed by atoms with Gasteiger partial charge < -0.3 is 20.0 Å². The molecule has 0 spiro atoms. The van der Waals surface area contributed by atoms with E-state index < -0.39 is 47.4 Å². The number of carbonyl (C=O) groups excluding carboxylic acids is 3. The van der Waals surface area contributed by atoms with E-state index in [1.54, 1.807) is 33.1 Å². The Morgan fingerprint density at radius 3 is 2.66 bits per heavy atom. The number of rotatable bonds is 7. The van der Waals surface area contributed by atoms with Gasteiger partial charge in [0.2, 0.25) is 6.61 Å². The molecule has 0 aliphatic carbocycles. The number of aromatic nitrogens is 1. The smallest absolute Gasteiger partial charge is 0.352 e. The van der Waals surface area contributed by atoms with Gasteiger partial charge in [-0.1, -0.05) is 5.16 Å². The van der Waals surface area contributed by atoms with Gasteiger partial charge in [-0.2, -0.15) is 0 Å². The lowest BCUT2D eigenvalue weighted by Crippen LogP contribution is -2.71. The van der Waals surface area contributed by atoms with Gasteiger partial charge in [0, 0.05) is 10.6 Å². The molecule has 13 heteroatoms. The number of aliphatic carboxylic acids is 1. The summed E-state index contributed by atoms with van der Waals surface area (Å²) in [6.45, 7) is 6.40. The Morgan fingerprint density at radius 2 is 2.06 bits per heavy atom. The highest BCUT2D eigenvalue weighted by Gasteiger charge is 2.54. The highest BCUT2D eigenvalue weighted by Crippen LogP contribution is 2.40. The third-order valence-electron chi connectivity index (χ3n) is 4.20. The summed E-state index contributed by atoms with van der Waals surface area (Å²) in [5.41, 5.74) is 0.671. The molecule has 1 aromatic rings. The Kier molecular flexibility index (Phi) is 6.88. The van der Waals surface area contributed by atoms with E-state index >= 15 is 0 Å². The van der Waals surface area contributed by atoms with Gasteiger partial charge in [0.1, 0.15) is 28.4 Å². The molecule has 2 amide bonds. The van der Waals surface area contributed by atoms with Crippen LogP contribution in [-0.2, 0) is 28.8 Å². The Hall–Kier alpha value is -2.93. The van der Waals surface area contributed by atoms with Crippen molar-refractivity contribution in [2.45, 2.75) is 50.0 Å². The highest BCUT2D eigenvalue weighted by atomic mass is 32.2. The molecule has 172 valence electrons. The second kappa shape index (κ2) is 9.28. The van der Waals surface area contributed by atoms with E-state index in [9.17, 15) is 24.3 Å². The number of oxime groups is 1. The molecule has 0 bridgehead atoms. The zero-order valence-electron chi connectivity index (χ0n) is 17.7. The fraction of sp³-hybridized carbons (Fsp3) is 0.474. The van der Waals surface area contributed by atoms with Gasteiger partial charge in [0.15, 0.2) is 5.71 Å². The number of carboxylic acids is 1. The van der Waals surface area contributed by atoms with Crippen molar-refractivity contribution in [1.82, 2.24) is 15.2 Å². The molecule has 1 saturated heterocycles. The third kappa shape index (κ3) is 5.27. The number of carbonyl (C=O) groups is 4. The number of amides is 2. The van der Waals surface area contributed by atoms with Crippen molar-refractivity contribution in [1.29, 1.82) is 0 Å². The molecular formula is C19H22N4O7S2. The third-order valence-corrected chi connectivity index (χ3v) is 6.12. The van der Waals surface area contributed by atoms with Gasteiger partial charge in [-0.25, -0.2) is 14.6 Å². The van der Waals surface area contributed by atoms with Gasteiger partial charge in [-0.05, 0) is 33.8 Å². The SMILES string of the molecule is CC1C=C(C(=O)O)N2C(=O)C(NC(=O)C(=NOCC(=O)OC(C)(C)C)c3cscn3)[C@@H]2S1. The minimum Gasteiger partial charge on any atom is -0.477 e. The predicted molar refractivity (Wildman–Crippen MR) is 116 cm³/mol. The Morgan fingerprint density at radius 1 is 1.34 bits per heavy atom. The molecule has 1 fully saturated rings. The molecular weight excluding hydrogens is 460 g/mol. The minimum atomic E-state index is -1.21. The van der Waals surface area contributed by atoms with E-state index in [1.165, 1.54) is 34.7 Å². The van der Waals surface area contributed by atoms with Crippen molar-refractivity contribution in [2.75, 3.05) is 6.61 Å². The molecule has 2 aliphatic rings. The van der Waals surface area contributed by atoms with E-state index in [2.05, 4.69) is 15.5 Å². The number of β-lactam (4-membered cyclic amide) rings is 1. The second-order valence-corrected chi connectivity index (χ2v) is 10.1. The summed E-state index contributed by atoms with van der Waals surface area (Å²) in [5, 5.41) is 16.5. The number of hydrogen-bond donors (Lipinski definition) is 2. The summed E-state index contributed by atoms with van der Waals surface area (Å²) in [4.78, 5) is 58.9. The zero-order valence-corrected chi connectivity index (χ0v) is 19.4. The van der Waals surface area contributed by atoms with Crippen LogP contribution in [0.15, 0.2) is 27.8 Å². The largest absolute Gasteiger partial charge is 0.477 e. The number of carboxylic acid groups (broad SMARTS) is 1. The number of nitrogens with zero attached hydrogens (tertiary/aromatic N) is 3. The number of esters is 1. The van der Waals surface area contributed by atoms with Crippen LogP contribution < -0.4 is 5.32 Å². The molecule has 0 saturated carbocycles. The topological polar surface area (TPSA) is 147 Å². The van der Waals surface area contributed by atoms with Crippen molar-refractivity contribution < 1.29 is 33.9 Å². The summed E-state index contributed by atoms with van der Waals surface area (Å²) < 4.78 is 5.12. The normalized spacial score (nSPS) is 22.9. The Balaban J connectivity index is 1.70. The van der Waals surface area contributed by atoms with E-state index in [0.717, 1.165) is 4.90 Å². The van der Waals surface area contributed by atoms with Crippen molar-refractivity contribution in [2.24, 2.45) is 5.16 Å². The monoisotopic (exact) mass is 482 g/mol. The van der Waals surface area contributed by atoms with Gasteiger partial charge in [0.05, 0.1) is 5.51 Å². The van der Waals surface area contributed by atoms with E-state index in [1.807, 2.05) is 0 Å². The summed E-state index contributed by atoms with van der Waals surface area (Å²) in [6, 6.07) is -0.937. The number of fused-ring (bicyclic) bond motifs is 1. The molecule has 0 aromatic carbocycles. The zero-order chi connectivity index (χ0) is 23.6. The number of thioether (sulfide) groups is 1. The maximum absolute atomic E-state index is 12.9. The first kappa shape index (κ1) is 23.7. The molecule has 32 heavy (non-hydrogen) atoms. The van der Waals surface area contributed by atoms with E-state index in [-0.39, 0.29) is 22.4 Å². The molecule has 2 aliphatic heterocycles. The van der Waals surface area contributed by atoms with Crippen LogP contribution in [0.3, 0.4) is 0 Å². The van der Waals surface area contributed by atoms with Crippen molar-refractivity contribution in [3.63, 3.8) is 0 Å². The van der Waals surface area contributed by atoms with Crippen molar-refractivity contribution in [3.05, 3.63) is 28.4 Å². The molecule has 3 rings (SSSR count). The van der Waals surface area contributed by atoms with Gasteiger partial charge in [0.25, 0.3) is 11.8 Å². The Bertz CT molecular complexity index is 984. The van der Waals surface area contributed by atoms with Crippen LogP contribution in [0.2, 0.25) is 0 Å². The van der Waals surface area contributed by atoms with Crippen LogP contribution in [0, 0.1) is 0 Å². The number of hydrogen-bond acceptors (Lipinski definition) is 10. The number of thiazole rings is 1. The fourth-order valence-corrected chi connectivity index (χ4v) is 4.86. The number of nitrogens with one attached hydrogen (secondary N) is 1. The second-order valence-electron chi connectivity index (χ2n) is 7.92. The molecule has 3 atom stereocenters. The first-order valence-corrected chi connectivity index (χ1v) is 11.4. The lowest BCUT2D eigenvalue weighted by molar-refractivity contribution is -0.160. The van der Waals surface area contributed by atoms with Crippen LogP contribution in [0.1, 0.15) is 33.4 Å². The van der Waals surface area contributed by atoms with Crippen LogP contribution in [0.5, 0.6) is 0 Å². The average molecular weight is 483 g/mol. The summed E-state index contributed by atoms with van der Waals surface area (Å²) >= 11 is 2.58. The summed E-state index contributed by atoms with van der Waals surface area (Å²) in [6.07, 6.45) is 1.49. The number of ether oxygens (including phenoxy) is 1. The highest BCUT2D eigenvalue weighted by molar-refractivity contribution is 8.00. The quantitative estimate of drug-likeness (QED) is 0.251. The van der Waals surface area contributed by atoms with E-state index in [0.29, 0.717) is 0 Å². The molecule has 3 heterocycles. The molecule has 2 unspecified atom stereocenters. The average Bonchev–Trinajstić information content (AvgIpc) is 3.21. The maximum Gasteiger partial charge on any atom is 0.352 e. The van der Waals surface area contributed by atoms with Crippen LogP contribution >= 0.6 is 23.1 Å². The van der Waals surface area contributed by atoms with Crippen LogP contribution in [-0.4, -0.2) is 73.3 Å². The lowest BCUT2D eigenvalue weighted by Gasteiger charge is -2.49. The summed E-state index contributed by atoms with van der Waals surface area (Å²) in [5.74, 6) is -3.15. The molecule has 2 N–H and O–H groups in total.